The Labute approximate surface area is 236 Å². The Morgan fingerprint density at radius 1 is 1.10 bits per heavy atom. The molecule has 1 aliphatic heterocycles. The Bertz CT molecular complexity index is 1550. The van der Waals surface area contributed by atoms with Gasteiger partial charge in [-0.15, -0.1) is 21.5 Å². The molecule has 0 unspecified atom stereocenters. The smallest absolute Gasteiger partial charge is 0.434 e. The van der Waals surface area contributed by atoms with Crippen LogP contribution in [0.3, 0.4) is 0 Å². The molecule has 0 radical (unpaired) electrons. The van der Waals surface area contributed by atoms with E-state index in [9.17, 15) is 18.0 Å². The topological polar surface area (TPSA) is 137 Å². The van der Waals surface area contributed by atoms with E-state index in [0.717, 1.165) is 11.3 Å². The minimum Gasteiger partial charge on any atom is -0.474 e. The van der Waals surface area contributed by atoms with E-state index in [1.807, 2.05) is 0 Å². The molecule has 0 atom stereocenters. The highest BCUT2D eigenvalue weighted by Crippen LogP contribution is 2.43. The van der Waals surface area contributed by atoms with E-state index >= 15 is 0 Å². The predicted octanol–water partition coefficient (Wildman–Crippen LogP) is 5.65. The first-order valence-electron chi connectivity index (χ1n) is 12.8. The molecule has 0 aromatic carbocycles. The SMILES string of the molecule is CCNC(=O)Nc1cc(-c2nc(C(F)(F)F)c(C)s2)c(-c2cc(-c3nnc(C)o3)cnc2OC2CCOCC2)cn1. The Morgan fingerprint density at radius 3 is 2.54 bits per heavy atom. The summed E-state index contributed by atoms with van der Waals surface area (Å²) in [7, 11) is 0. The van der Waals surface area contributed by atoms with Crippen LogP contribution in [-0.2, 0) is 10.9 Å². The molecule has 1 fully saturated rings. The van der Waals surface area contributed by atoms with Gasteiger partial charge in [0.25, 0.3) is 0 Å². The van der Waals surface area contributed by atoms with Crippen molar-refractivity contribution in [1.29, 1.82) is 0 Å². The molecule has 0 saturated carbocycles. The number of rotatable bonds is 7. The number of aromatic nitrogens is 5. The molecule has 0 spiro atoms. The van der Waals surface area contributed by atoms with Gasteiger partial charge in [0.2, 0.25) is 17.7 Å². The van der Waals surface area contributed by atoms with Gasteiger partial charge in [0.15, 0.2) is 5.69 Å². The molecule has 5 heterocycles. The Kier molecular flexibility index (Phi) is 8.17. The molecule has 1 aliphatic rings. The van der Waals surface area contributed by atoms with Gasteiger partial charge in [-0.2, -0.15) is 13.2 Å². The first-order valence-corrected chi connectivity index (χ1v) is 13.6. The second-order valence-corrected chi connectivity index (χ2v) is 10.4. The lowest BCUT2D eigenvalue weighted by atomic mass is 10.0. The lowest BCUT2D eigenvalue weighted by molar-refractivity contribution is -0.141. The number of hydrogen-bond acceptors (Lipinski definition) is 10. The average molecular weight is 590 g/mol. The third kappa shape index (κ3) is 6.46. The number of urea groups is 1. The normalized spacial score (nSPS) is 14.2. The fourth-order valence-electron chi connectivity index (χ4n) is 4.23. The molecule has 216 valence electrons. The number of alkyl halides is 3. The van der Waals surface area contributed by atoms with Crippen LogP contribution in [0, 0.1) is 13.8 Å². The fraction of sp³-hybridized carbons (Fsp3) is 0.385. The van der Waals surface area contributed by atoms with Crippen LogP contribution in [0.15, 0.2) is 28.9 Å². The lowest BCUT2D eigenvalue weighted by Crippen LogP contribution is -2.28. The summed E-state index contributed by atoms with van der Waals surface area (Å²) in [5.74, 6) is 0.931. The number of nitrogens with one attached hydrogen (secondary N) is 2. The molecule has 15 heteroatoms. The molecule has 4 aromatic heterocycles. The minimum atomic E-state index is -4.64. The summed E-state index contributed by atoms with van der Waals surface area (Å²) >= 11 is 0.881. The third-order valence-electron chi connectivity index (χ3n) is 6.14. The Balaban J connectivity index is 1.67. The number of thiazole rings is 1. The highest BCUT2D eigenvalue weighted by atomic mass is 32.1. The van der Waals surface area contributed by atoms with Crippen LogP contribution < -0.4 is 15.4 Å². The van der Waals surface area contributed by atoms with Crippen molar-refractivity contribution in [3.8, 4) is 39.0 Å². The van der Waals surface area contributed by atoms with E-state index in [1.54, 1.807) is 19.9 Å². The highest BCUT2D eigenvalue weighted by molar-refractivity contribution is 7.15. The van der Waals surface area contributed by atoms with E-state index in [-0.39, 0.29) is 33.6 Å². The highest BCUT2D eigenvalue weighted by Gasteiger charge is 2.37. The molecule has 1 saturated heterocycles. The number of hydrogen-bond donors (Lipinski definition) is 2. The van der Waals surface area contributed by atoms with Gasteiger partial charge in [0, 0.05) is 60.3 Å². The summed E-state index contributed by atoms with van der Waals surface area (Å²) in [5, 5.41) is 13.2. The molecule has 41 heavy (non-hydrogen) atoms. The maximum Gasteiger partial charge on any atom is 0.434 e. The zero-order valence-corrected chi connectivity index (χ0v) is 23.1. The standard InChI is InChI=1S/C26H26F3N7O4S/c1-4-30-25(37)33-20-10-18(24-34-21(13(2)41-24)26(27,28)29)19(12-31-20)17-9-15(22-36-35-14(3)39-22)11-32-23(17)40-16-5-7-38-8-6-16/h9-12,16H,4-8H2,1-3H3,(H2,30,31,33,37). The van der Waals surface area contributed by atoms with Gasteiger partial charge in [-0.1, -0.05) is 0 Å². The summed E-state index contributed by atoms with van der Waals surface area (Å²) in [4.78, 5) is 25.0. The van der Waals surface area contributed by atoms with Crippen molar-refractivity contribution >= 4 is 23.2 Å². The van der Waals surface area contributed by atoms with Crippen LogP contribution in [0.1, 0.15) is 36.2 Å². The number of ether oxygens (including phenoxy) is 2. The largest absolute Gasteiger partial charge is 0.474 e. The number of anilines is 1. The number of carbonyl (C=O) groups is 1. The monoisotopic (exact) mass is 589 g/mol. The quantitative estimate of drug-likeness (QED) is 0.280. The van der Waals surface area contributed by atoms with Crippen molar-refractivity contribution in [2.45, 2.75) is 45.9 Å². The number of amides is 2. The molecule has 0 bridgehead atoms. The van der Waals surface area contributed by atoms with Gasteiger partial charge in [-0.25, -0.2) is 19.7 Å². The zero-order valence-electron chi connectivity index (χ0n) is 22.3. The van der Waals surface area contributed by atoms with Crippen LogP contribution >= 0.6 is 11.3 Å². The van der Waals surface area contributed by atoms with E-state index in [4.69, 9.17) is 13.9 Å². The van der Waals surface area contributed by atoms with Gasteiger partial charge < -0.3 is 19.2 Å². The molecule has 0 aliphatic carbocycles. The number of nitrogens with zero attached hydrogens (tertiary/aromatic N) is 5. The molecule has 11 nitrogen and oxygen atoms in total. The summed E-state index contributed by atoms with van der Waals surface area (Å²) in [5.41, 5.74) is 0.611. The molecule has 2 N–H and O–H groups in total. The second kappa shape index (κ2) is 11.8. The fourth-order valence-corrected chi connectivity index (χ4v) is 5.20. The van der Waals surface area contributed by atoms with Crippen LogP contribution in [0.2, 0.25) is 0 Å². The first kappa shape index (κ1) is 28.4. The Hall–Kier alpha value is -4.11. The van der Waals surface area contributed by atoms with Crippen molar-refractivity contribution in [3.05, 3.63) is 41.0 Å². The summed E-state index contributed by atoms with van der Waals surface area (Å²) < 4.78 is 58.4. The number of aryl methyl sites for hydroxylation is 2. The van der Waals surface area contributed by atoms with Crippen molar-refractivity contribution in [3.63, 3.8) is 0 Å². The van der Waals surface area contributed by atoms with Crippen LogP contribution in [0.5, 0.6) is 5.88 Å². The van der Waals surface area contributed by atoms with E-state index in [0.29, 0.717) is 60.7 Å². The van der Waals surface area contributed by atoms with Crippen molar-refractivity contribution in [2.24, 2.45) is 0 Å². The number of carbonyl (C=O) groups excluding carboxylic acids is 1. The zero-order chi connectivity index (χ0) is 29.1. The van der Waals surface area contributed by atoms with E-state index in [2.05, 4.69) is 35.8 Å². The maximum atomic E-state index is 13.7. The average Bonchev–Trinajstić information content (AvgIpc) is 3.55. The molecule has 5 rings (SSSR count). The van der Waals surface area contributed by atoms with Gasteiger partial charge in [0.05, 0.1) is 18.8 Å². The van der Waals surface area contributed by atoms with Gasteiger partial charge in [-0.3, -0.25) is 5.32 Å². The van der Waals surface area contributed by atoms with E-state index < -0.39 is 17.9 Å². The Morgan fingerprint density at radius 2 is 1.88 bits per heavy atom. The van der Waals surface area contributed by atoms with Crippen LogP contribution in [0.4, 0.5) is 23.8 Å². The maximum absolute atomic E-state index is 13.7. The van der Waals surface area contributed by atoms with E-state index in [1.165, 1.54) is 25.4 Å². The first-order chi connectivity index (χ1) is 19.6. The number of pyridine rings is 2. The predicted molar refractivity (Wildman–Crippen MR) is 144 cm³/mol. The van der Waals surface area contributed by atoms with Crippen LogP contribution in [0.25, 0.3) is 33.2 Å². The van der Waals surface area contributed by atoms with Crippen molar-refractivity contribution < 1.29 is 31.9 Å². The third-order valence-corrected chi connectivity index (χ3v) is 7.14. The second-order valence-electron chi connectivity index (χ2n) is 9.15. The van der Waals surface area contributed by atoms with Gasteiger partial charge in [0.1, 0.15) is 16.9 Å². The summed E-state index contributed by atoms with van der Waals surface area (Å²) in [6, 6.07) is 2.67. The van der Waals surface area contributed by atoms with Crippen LogP contribution in [-0.4, -0.2) is 57.0 Å². The minimum absolute atomic E-state index is 0.000359. The van der Waals surface area contributed by atoms with Gasteiger partial charge >= 0.3 is 12.2 Å². The van der Waals surface area contributed by atoms with Crippen molar-refractivity contribution in [2.75, 3.05) is 25.1 Å². The molecular formula is C26H26F3N7O4S. The molecule has 2 amide bonds. The summed E-state index contributed by atoms with van der Waals surface area (Å²) in [6.45, 7) is 6.20. The van der Waals surface area contributed by atoms with Gasteiger partial charge in [-0.05, 0) is 26.0 Å². The molecule has 4 aromatic rings. The summed E-state index contributed by atoms with van der Waals surface area (Å²) in [6.07, 6.45) is -0.557. The lowest BCUT2D eigenvalue weighted by Gasteiger charge is -2.24. The number of halogens is 3. The van der Waals surface area contributed by atoms with Crippen molar-refractivity contribution in [1.82, 2.24) is 30.5 Å². The molecular weight excluding hydrogens is 563 g/mol.